The van der Waals surface area contributed by atoms with Gasteiger partial charge >= 0.3 is 0 Å². The van der Waals surface area contributed by atoms with E-state index in [2.05, 4.69) is 18.7 Å². The van der Waals surface area contributed by atoms with Crippen LogP contribution in [0.1, 0.15) is 26.7 Å². The zero-order chi connectivity index (χ0) is 8.01. The SMILES string of the molecule is CC(C)N1C[C@@H]2C[C@H]1C[C@H]2O. The lowest BCUT2D eigenvalue weighted by Gasteiger charge is -2.32. The summed E-state index contributed by atoms with van der Waals surface area (Å²) in [4.78, 5) is 2.53. The zero-order valence-corrected chi connectivity index (χ0v) is 7.33. The Morgan fingerprint density at radius 2 is 2.09 bits per heavy atom. The zero-order valence-electron chi connectivity index (χ0n) is 7.33. The van der Waals surface area contributed by atoms with Crippen LogP contribution in [0.3, 0.4) is 0 Å². The smallest absolute Gasteiger partial charge is 0.0596 e. The van der Waals surface area contributed by atoms with Gasteiger partial charge in [-0.15, -0.1) is 0 Å². The highest BCUT2D eigenvalue weighted by Gasteiger charge is 2.44. The Bertz CT molecular complexity index is 156. The second kappa shape index (κ2) is 2.46. The van der Waals surface area contributed by atoms with Crippen molar-refractivity contribution in [3.63, 3.8) is 0 Å². The second-order valence-electron chi connectivity index (χ2n) is 4.24. The molecule has 1 N–H and O–H groups in total. The number of aliphatic hydroxyl groups excluding tert-OH is 1. The van der Waals surface area contributed by atoms with Crippen LogP contribution >= 0.6 is 0 Å². The highest BCUT2D eigenvalue weighted by Crippen LogP contribution is 2.38. The molecule has 64 valence electrons. The van der Waals surface area contributed by atoms with E-state index in [4.69, 9.17) is 0 Å². The van der Waals surface area contributed by atoms with Crippen molar-refractivity contribution in [1.82, 2.24) is 4.90 Å². The van der Waals surface area contributed by atoms with Crippen LogP contribution in [-0.2, 0) is 0 Å². The molecular weight excluding hydrogens is 138 g/mol. The Balaban J connectivity index is 2.02. The summed E-state index contributed by atoms with van der Waals surface area (Å²) in [7, 11) is 0. The Kier molecular flexibility index (Phi) is 1.69. The third-order valence-electron chi connectivity index (χ3n) is 3.21. The van der Waals surface area contributed by atoms with Crippen LogP contribution in [0.15, 0.2) is 0 Å². The number of likely N-dealkylation sites (tertiary alicyclic amines) is 1. The molecule has 0 aromatic carbocycles. The van der Waals surface area contributed by atoms with Gasteiger partial charge in [0.25, 0.3) is 0 Å². The fraction of sp³-hybridized carbons (Fsp3) is 1.00. The lowest BCUT2D eigenvalue weighted by Crippen LogP contribution is -2.41. The van der Waals surface area contributed by atoms with E-state index in [0.717, 1.165) is 13.0 Å². The summed E-state index contributed by atoms with van der Waals surface area (Å²) in [5.41, 5.74) is 0. The Morgan fingerprint density at radius 1 is 1.36 bits per heavy atom. The van der Waals surface area contributed by atoms with Gasteiger partial charge in [0.1, 0.15) is 0 Å². The predicted molar refractivity (Wildman–Crippen MR) is 44.4 cm³/mol. The van der Waals surface area contributed by atoms with E-state index in [1.807, 2.05) is 0 Å². The van der Waals surface area contributed by atoms with Crippen molar-refractivity contribution < 1.29 is 5.11 Å². The molecule has 1 saturated carbocycles. The molecule has 0 unspecified atom stereocenters. The van der Waals surface area contributed by atoms with Gasteiger partial charge < -0.3 is 5.11 Å². The maximum absolute atomic E-state index is 9.49. The Morgan fingerprint density at radius 3 is 2.45 bits per heavy atom. The summed E-state index contributed by atoms with van der Waals surface area (Å²) in [6, 6.07) is 1.35. The van der Waals surface area contributed by atoms with Crippen molar-refractivity contribution >= 4 is 0 Å². The first-order valence-electron chi connectivity index (χ1n) is 4.62. The van der Waals surface area contributed by atoms with Crippen molar-refractivity contribution in [3.05, 3.63) is 0 Å². The fourth-order valence-electron chi connectivity index (χ4n) is 2.59. The molecule has 0 aromatic heterocycles. The Labute approximate surface area is 68.2 Å². The van der Waals surface area contributed by atoms with Gasteiger partial charge in [0.05, 0.1) is 6.10 Å². The fourth-order valence-corrected chi connectivity index (χ4v) is 2.59. The van der Waals surface area contributed by atoms with Crippen LogP contribution in [0.5, 0.6) is 0 Å². The van der Waals surface area contributed by atoms with Gasteiger partial charge in [-0.25, -0.2) is 0 Å². The van der Waals surface area contributed by atoms with Gasteiger partial charge in [-0.2, -0.15) is 0 Å². The van der Waals surface area contributed by atoms with E-state index >= 15 is 0 Å². The Hall–Kier alpha value is -0.0800. The minimum atomic E-state index is 0.00926. The first-order valence-corrected chi connectivity index (χ1v) is 4.62. The summed E-state index contributed by atoms with van der Waals surface area (Å²) >= 11 is 0. The third-order valence-corrected chi connectivity index (χ3v) is 3.21. The van der Waals surface area contributed by atoms with Crippen molar-refractivity contribution in [3.8, 4) is 0 Å². The summed E-state index contributed by atoms with van der Waals surface area (Å²) in [6.07, 6.45) is 2.26. The monoisotopic (exact) mass is 155 g/mol. The van der Waals surface area contributed by atoms with Crippen molar-refractivity contribution in [2.24, 2.45) is 5.92 Å². The standard InChI is InChI=1S/C9H17NO/c1-6(2)10-5-7-3-8(10)4-9(7)11/h6-9,11H,3-5H2,1-2H3/t7-,8-,9+/m0/s1. The second-order valence-corrected chi connectivity index (χ2v) is 4.24. The van der Waals surface area contributed by atoms with Gasteiger partial charge in [-0.3, -0.25) is 4.90 Å². The summed E-state index contributed by atoms with van der Waals surface area (Å²) in [5.74, 6) is 0.586. The molecule has 2 rings (SSSR count). The molecule has 0 aromatic rings. The highest BCUT2D eigenvalue weighted by molar-refractivity contribution is 4.98. The highest BCUT2D eigenvalue weighted by atomic mass is 16.3. The van der Waals surface area contributed by atoms with Crippen LogP contribution in [0.25, 0.3) is 0 Å². The average molecular weight is 155 g/mol. The van der Waals surface area contributed by atoms with Gasteiger partial charge in [-0.05, 0) is 32.6 Å². The van der Waals surface area contributed by atoms with Crippen LogP contribution in [-0.4, -0.2) is 34.7 Å². The van der Waals surface area contributed by atoms with E-state index in [1.165, 1.54) is 6.42 Å². The van der Waals surface area contributed by atoms with Crippen LogP contribution in [0, 0.1) is 5.92 Å². The molecule has 1 heterocycles. The van der Waals surface area contributed by atoms with Crippen LogP contribution in [0.2, 0.25) is 0 Å². The van der Waals surface area contributed by atoms with E-state index in [9.17, 15) is 5.11 Å². The van der Waals surface area contributed by atoms with Gasteiger partial charge in [0.2, 0.25) is 0 Å². The largest absolute Gasteiger partial charge is 0.393 e. The molecule has 0 amide bonds. The molecule has 2 bridgehead atoms. The number of hydrogen-bond donors (Lipinski definition) is 1. The summed E-state index contributed by atoms with van der Waals surface area (Å²) in [6.45, 7) is 5.61. The molecule has 11 heavy (non-hydrogen) atoms. The lowest BCUT2D eigenvalue weighted by molar-refractivity contribution is 0.0612. The molecule has 0 spiro atoms. The molecule has 2 nitrogen and oxygen atoms in total. The van der Waals surface area contributed by atoms with Gasteiger partial charge in [0.15, 0.2) is 0 Å². The number of piperidine rings is 1. The number of aliphatic hydroxyl groups is 1. The average Bonchev–Trinajstić information content (AvgIpc) is 2.43. The normalized spacial score (nSPS) is 44.2. The summed E-state index contributed by atoms with van der Waals surface area (Å²) < 4.78 is 0. The first kappa shape index (κ1) is 7.56. The number of hydrogen-bond acceptors (Lipinski definition) is 2. The van der Waals surface area contributed by atoms with Crippen molar-refractivity contribution in [2.45, 2.75) is 44.9 Å². The molecule has 2 heteroatoms. The van der Waals surface area contributed by atoms with E-state index in [0.29, 0.717) is 18.0 Å². The molecular formula is C9H17NO. The molecule has 2 aliphatic rings. The van der Waals surface area contributed by atoms with E-state index < -0.39 is 0 Å². The first-order chi connectivity index (χ1) is 5.18. The van der Waals surface area contributed by atoms with Crippen molar-refractivity contribution in [2.75, 3.05) is 6.54 Å². The minimum absolute atomic E-state index is 0.00926. The lowest BCUT2D eigenvalue weighted by atomic mass is 10.1. The van der Waals surface area contributed by atoms with Crippen LogP contribution in [0.4, 0.5) is 0 Å². The molecule has 2 fully saturated rings. The summed E-state index contributed by atoms with van der Waals surface area (Å²) in [5, 5.41) is 9.49. The quantitative estimate of drug-likeness (QED) is 0.607. The molecule has 0 radical (unpaired) electrons. The van der Waals surface area contributed by atoms with E-state index in [-0.39, 0.29) is 6.10 Å². The molecule has 1 aliphatic carbocycles. The molecule has 1 saturated heterocycles. The van der Waals surface area contributed by atoms with Gasteiger partial charge in [-0.1, -0.05) is 0 Å². The predicted octanol–water partition coefficient (Wildman–Crippen LogP) is 0.850. The van der Waals surface area contributed by atoms with Gasteiger partial charge in [0, 0.05) is 18.6 Å². The maximum atomic E-state index is 9.49. The number of rotatable bonds is 1. The maximum Gasteiger partial charge on any atom is 0.0596 e. The van der Waals surface area contributed by atoms with E-state index in [1.54, 1.807) is 0 Å². The van der Waals surface area contributed by atoms with Crippen molar-refractivity contribution in [1.29, 1.82) is 0 Å². The minimum Gasteiger partial charge on any atom is -0.393 e. The van der Waals surface area contributed by atoms with Crippen LogP contribution < -0.4 is 0 Å². The number of nitrogens with zero attached hydrogens (tertiary/aromatic N) is 1. The molecule has 3 atom stereocenters. The molecule has 1 aliphatic heterocycles. The third kappa shape index (κ3) is 1.09. The number of fused-ring (bicyclic) bond motifs is 2. The topological polar surface area (TPSA) is 23.5 Å².